The van der Waals surface area contributed by atoms with Crippen molar-refractivity contribution < 1.29 is 4.74 Å². The molecule has 1 unspecified atom stereocenters. The minimum absolute atomic E-state index is 0.0591. The minimum Gasteiger partial charge on any atom is -0.399 e. The number of hydrogen-bond donors (Lipinski definition) is 1. The van der Waals surface area contributed by atoms with Crippen LogP contribution >= 0.6 is 27.7 Å². The van der Waals surface area contributed by atoms with Crippen molar-refractivity contribution in [3.05, 3.63) is 22.7 Å². The summed E-state index contributed by atoms with van der Waals surface area (Å²) in [5.74, 6) is 1.01. The number of ether oxygens (including phenoxy) is 1. The fraction of sp³-hybridized carbons (Fsp3) is 0.538. The Morgan fingerprint density at radius 2 is 2.29 bits per heavy atom. The monoisotopic (exact) mass is 315 g/mol. The molecule has 94 valence electrons. The van der Waals surface area contributed by atoms with E-state index >= 15 is 0 Å². The van der Waals surface area contributed by atoms with E-state index in [1.54, 1.807) is 0 Å². The molecule has 0 spiro atoms. The Morgan fingerprint density at radius 3 is 2.88 bits per heavy atom. The fourth-order valence-corrected chi connectivity index (χ4v) is 3.71. The summed E-state index contributed by atoms with van der Waals surface area (Å²) in [5.41, 5.74) is 6.57. The highest BCUT2D eigenvalue weighted by Gasteiger charge is 2.31. The molecule has 1 aliphatic heterocycles. The van der Waals surface area contributed by atoms with Gasteiger partial charge in [0.25, 0.3) is 0 Å². The summed E-state index contributed by atoms with van der Waals surface area (Å²) in [6.07, 6.45) is 2.69. The average Bonchev–Trinajstić information content (AvgIpc) is 2.57. The van der Waals surface area contributed by atoms with Crippen LogP contribution < -0.4 is 5.73 Å². The topological polar surface area (TPSA) is 35.2 Å². The fourth-order valence-electron chi connectivity index (χ4n) is 2.01. The van der Waals surface area contributed by atoms with Crippen molar-refractivity contribution in [3.63, 3.8) is 0 Å². The third-order valence-electron chi connectivity index (χ3n) is 2.93. The first kappa shape index (κ1) is 13.2. The molecule has 2 rings (SSSR count). The van der Waals surface area contributed by atoms with E-state index in [2.05, 4.69) is 35.8 Å². The summed E-state index contributed by atoms with van der Waals surface area (Å²) in [5, 5.41) is 0. The molecule has 2 N–H and O–H groups in total. The van der Waals surface area contributed by atoms with Gasteiger partial charge in [-0.15, -0.1) is 11.8 Å². The van der Waals surface area contributed by atoms with Crippen molar-refractivity contribution >= 4 is 33.4 Å². The average molecular weight is 316 g/mol. The molecule has 1 heterocycles. The van der Waals surface area contributed by atoms with Crippen molar-refractivity contribution in [1.29, 1.82) is 0 Å². The smallest absolute Gasteiger partial charge is 0.0677 e. The zero-order chi connectivity index (χ0) is 12.5. The van der Waals surface area contributed by atoms with Crippen LogP contribution in [0.5, 0.6) is 0 Å². The molecular weight excluding hydrogens is 298 g/mol. The van der Waals surface area contributed by atoms with Crippen LogP contribution in [0.4, 0.5) is 5.69 Å². The van der Waals surface area contributed by atoms with E-state index in [-0.39, 0.29) is 5.60 Å². The minimum atomic E-state index is 0.0591. The van der Waals surface area contributed by atoms with Crippen molar-refractivity contribution in [1.82, 2.24) is 0 Å². The Balaban J connectivity index is 1.90. The normalized spacial score (nSPS) is 22.9. The number of anilines is 1. The van der Waals surface area contributed by atoms with Crippen molar-refractivity contribution in [2.45, 2.75) is 43.3 Å². The van der Waals surface area contributed by atoms with Gasteiger partial charge in [-0.25, -0.2) is 0 Å². The van der Waals surface area contributed by atoms with Crippen LogP contribution in [0, 0.1) is 0 Å². The number of thioether (sulfide) groups is 1. The SMILES string of the molecule is CC1(C)CCC(CSc2ccc(N)cc2Br)O1. The maximum atomic E-state index is 5.97. The molecule has 1 aromatic rings. The van der Waals surface area contributed by atoms with E-state index in [0.29, 0.717) is 6.10 Å². The standard InChI is InChI=1S/C13H18BrNOS/c1-13(2)6-5-10(16-13)8-17-12-4-3-9(15)7-11(12)14/h3-4,7,10H,5-6,8,15H2,1-2H3. The van der Waals surface area contributed by atoms with Gasteiger partial charge in [0.2, 0.25) is 0 Å². The molecule has 0 amide bonds. The lowest BCUT2D eigenvalue weighted by Gasteiger charge is -2.19. The number of nitrogen functional groups attached to an aromatic ring is 1. The number of hydrogen-bond acceptors (Lipinski definition) is 3. The zero-order valence-electron chi connectivity index (χ0n) is 10.2. The summed E-state index contributed by atoms with van der Waals surface area (Å²) in [6.45, 7) is 4.33. The largest absolute Gasteiger partial charge is 0.399 e. The lowest BCUT2D eigenvalue weighted by Crippen LogP contribution is -2.21. The van der Waals surface area contributed by atoms with Gasteiger partial charge in [0.15, 0.2) is 0 Å². The van der Waals surface area contributed by atoms with E-state index in [1.165, 1.54) is 4.90 Å². The quantitative estimate of drug-likeness (QED) is 0.674. The Bertz CT molecular complexity index is 408. The van der Waals surface area contributed by atoms with E-state index in [4.69, 9.17) is 10.5 Å². The maximum absolute atomic E-state index is 5.97. The Hall–Kier alpha value is -0.190. The first-order chi connectivity index (χ1) is 7.96. The van der Waals surface area contributed by atoms with Gasteiger partial charge in [0.1, 0.15) is 0 Å². The molecule has 1 aromatic carbocycles. The third-order valence-corrected chi connectivity index (χ3v) is 5.06. The summed E-state index contributed by atoms with van der Waals surface area (Å²) in [4.78, 5) is 1.23. The predicted molar refractivity (Wildman–Crippen MR) is 77.5 cm³/mol. The molecular formula is C13H18BrNOS. The van der Waals surface area contributed by atoms with E-state index < -0.39 is 0 Å². The van der Waals surface area contributed by atoms with Crippen molar-refractivity contribution in [2.75, 3.05) is 11.5 Å². The van der Waals surface area contributed by atoms with E-state index in [0.717, 1.165) is 28.8 Å². The summed E-state index contributed by atoms with van der Waals surface area (Å²) in [7, 11) is 0. The van der Waals surface area contributed by atoms with Gasteiger partial charge in [0, 0.05) is 20.8 Å². The highest BCUT2D eigenvalue weighted by atomic mass is 79.9. The predicted octanol–water partition coefficient (Wildman–Crippen LogP) is 4.08. The summed E-state index contributed by atoms with van der Waals surface area (Å²) < 4.78 is 7.04. The molecule has 0 aliphatic carbocycles. The zero-order valence-corrected chi connectivity index (χ0v) is 12.6. The van der Waals surface area contributed by atoms with Crippen LogP contribution in [-0.2, 0) is 4.74 Å². The second-order valence-electron chi connectivity index (χ2n) is 5.04. The van der Waals surface area contributed by atoms with Crippen LogP contribution in [-0.4, -0.2) is 17.5 Å². The number of nitrogens with two attached hydrogens (primary N) is 1. The molecule has 1 aliphatic rings. The lowest BCUT2D eigenvalue weighted by molar-refractivity contribution is -0.00466. The van der Waals surface area contributed by atoms with Gasteiger partial charge >= 0.3 is 0 Å². The summed E-state index contributed by atoms with van der Waals surface area (Å²) >= 11 is 5.36. The van der Waals surface area contributed by atoms with Gasteiger partial charge < -0.3 is 10.5 Å². The third kappa shape index (κ3) is 3.63. The van der Waals surface area contributed by atoms with E-state index in [1.807, 2.05) is 23.9 Å². The second kappa shape index (κ2) is 5.21. The molecule has 0 radical (unpaired) electrons. The van der Waals surface area contributed by atoms with Crippen LogP contribution in [0.25, 0.3) is 0 Å². The molecule has 0 aromatic heterocycles. The second-order valence-corrected chi connectivity index (χ2v) is 6.96. The Morgan fingerprint density at radius 1 is 1.53 bits per heavy atom. The van der Waals surface area contributed by atoms with E-state index in [9.17, 15) is 0 Å². The Kier molecular flexibility index (Phi) is 4.06. The van der Waals surface area contributed by atoms with Gasteiger partial charge in [-0.2, -0.15) is 0 Å². The van der Waals surface area contributed by atoms with Crippen LogP contribution in [0.15, 0.2) is 27.6 Å². The molecule has 17 heavy (non-hydrogen) atoms. The van der Waals surface area contributed by atoms with Gasteiger partial charge in [-0.05, 0) is 60.8 Å². The molecule has 4 heteroatoms. The molecule has 1 atom stereocenters. The first-order valence-electron chi connectivity index (χ1n) is 5.82. The number of halogens is 1. The summed E-state index contributed by atoms with van der Waals surface area (Å²) in [6, 6.07) is 5.94. The van der Waals surface area contributed by atoms with Gasteiger partial charge in [0.05, 0.1) is 11.7 Å². The molecule has 2 nitrogen and oxygen atoms in total. The lowest BCUT2D eigenvalue weighted by atomic mass is 10.1. The molecule has 0 bridgehead atoms. The van der Waals surface area contributed by atoms with Crippen LogP contribution in [0.3, 0.4) is 0 Å². The number of rotatable bonds is 3. The van der Waals surface area contributed by atoms with Gasteiger partial charge in [-0.3, -0.25) is 0 Å². The van der Waals surface area contributed by atoms with Crippen LogP contribution in [0.1, 0.15) is 26.7 Å². The molecule has 0 saturated carbocycles. The number of benzene rings is 1. The highest BCUT2D eigenvalue weighted by Crippen LogP contribution is 2.35. The highest BCUT2D eigenvalue weighted by molar-refractivity contribution is 9.10. The van der Waals surface area contributed by atoms with Crippen molar-refractivity contribution in [3.8, 4) is 0 Å². The maximum Gasteiger partial charge on any atom is 0.0677 e. The molecule has 1 saturated heterocycles. The van der Waals surface area contributed by atoms with Gasteiger partial charge in [-0.1, -0.05) is 0 Å². The van der Waals surface area contributed by atoms with Crippen molar-refractivity contribution in [2.24, 2.45) is 0 Å². The Labute approximate surface area is 115 Å². The molecule has 1 fully saturated rings. The first-order valence-corrected chi connectivity index (χ1v) is 7.60. The van der Waals surface area contributed by atoms with Crippen LogP contribution in [0.2, 0.25) is 0 Å².